The van der Waals surface area contributed by atoms with E-state index in [2.05, 4.69) is 37.9 Å². The van der Waals surface area contributed by atoms with Crippen molar-refractivity contribution in [2.45, 2.75) is 25.9 Å². The van der Waals surface area contributed by atoms with Crippen molar-refractivity contribution in [1.29, 1.82) is 0 Å². The number of carbonyl (C=O) groups is 1. The second-order valence-electron chi connectivity index (χ2n) is 6.75. The third-order valence-corrected chi connectivity index (χ3v) is 7.37. The molecule has 1 amide bonds. The van der Waals surface area contributed by atoms with E-state index in [1.54, 1.807) is 20.0 Å². The van der Waals surface area contributed by atoms with Crippen LogP contribution in [0.1, 0.15) is 12.5 Å². The quantitative estimate of drug-likeness (QED) is 0.352. The Balaban J connectivity index is 2.14. The molecule has 2 atom stereocenters. The molecule has 1 aromatic carbocycles. The number of rotatable bonds is 0. The normalized spacial score (nSPS) is 23.4. The number of aryl methyl sites for hydroxylation is 1. The number of aromatic nitrogens is 2. The van der Waals surface area contributed by atoms with Crippen molar-refractivity contribution < 1.29 is 9.18 Å². The van der Waals surface area contributed by atoms with Gasteiger partial charge in [0.05, 0.1) is 39.5 Å². The summed E-state index contributed by atoms with van der Waals surface area (Å²) < 4.78 is 18.5. The number of nitrogens with zero attached hydrogens (tertiary/aromatic N) is 5. The van der Waals surface area contributed by atoms with Crippen LogP contribution < -0.4 is 15.5 Å². The zero-order valence-corrected chi connectivity index (χ0v) is 18.6. The van der Waals surface area contributed by atoms with Gasteiger partial charge >= 0.3 is 5.69 Å². The molecular formula is C16H16FI2N5O2. The third-order valence-electron chi connectivity index (χ3n) is 5.09. The second-order valence-corrected chi connectivity index (χ2v) is 8.95. The molecule has 0 saturated carbocycles. The standard InChI is InChI=1S/C16H16FI2N5O2/c1-7-4-9-11-13(12(7)17)21(3)15(25)10-6-23(18)8(2)5-22(10)14(11)20-16(26)24(9)19/h4,8,10H,5-6H2,1-3H3. The van der Waals surface area contributed by atoms with E-state index in [9.17, 15) is 9.59 Å². The van der Waals surface area contributed by atoms with Crippen LogP contribution in [0.4, 0.5) is 15.9 Å². The van der Waals surface area contributed by atoms with Crippen LogP contribution in [0, 0.1) is 12.7 Å². The highest BCUT2D eigenvalue weighted by Crippen LogP contribution is 2.41. The predicted octanol–water partition coefficient (Wildman–Crippen LogP) is 2.25. The van der Waals surface area contributed by atoms with Crippen LogP contribution in [-0.2, 0) is 4.79 Å². The molecule has 3 heterocycles. The van der Waals surface area contributed by atoms with Crippen molar-refractivity contribution in [1.82, 2.24) is 10.9 Å². The Morgan fingerprint density at radius 1 is 1.27 bits per heavy atom. The number of fused-ring (bicyclic) bond motifs is 2. The third kappa shape index (κ3) is 2.47. The molecule has 0 bridgehead atoms. The number of halogens is 3. The lowest BCUT2D eigenvalue weighted by Crippen LogP contribution is -2.59. The Morgan fingerprint density at radius 2 is 1.96 bits per heavy atom. The van der Waals surface area contributed by atoms with E-state index in [0.29, 0.717) is 35.4 Å². The summed E-state index contributed by atoms with van der Waals surface area (Å²) in [7, 11) is 1.59. The lowest BCUT2D eigenvalue weighted by molar-refractivity contribution is -0.120. The van der Waals surface area contributed by atoms with Crippen LogP contribution in [0.25, 0.3) is 10.9 Å². The van der Waals surface area contributed by atoms with Crippen molar-refractivity contribution in [3.63, 3.8) is 0 Å². The number of amides is 1. The Kier molecular flexibility index (Phi) is 4.42. The summed E-state index contributed by atoms with van der Waals surface area (Å²) in [5.74, 6) is -0.258. The molecular weight excluding hydrogens is 567 g/mol. The molecule has 1 saturated heterocycles. The Hall–Kier alpha value is -1.02. The fourth-order valence-corrected chi connectivity index (χ4v) is 4.71. The number of hydrogen-bond acceptors (Lipinski definition) is 5. The van der Waals surface area contributed by atoms with E-state index in [-0.39, 0.29) is 17.6 Å². The maximum absolute atomic E-state index is 15.1. The first-order valence-corrected chi connectivity index (χ1v) is 10.0. The molecule has 0 radical (unpaired) electrons. The highest BCUT2D eigenvalue weighted by molar-refractivity contribution is 14.1. The van der Waals surface area contributed by atoms with Crippen LogP contribution in [0.5, 0.6) is 0 Å². The second kappa shape index (κ2) is 6.26. The number of hydrogen-bond donors (Lipinski definition) is 0. The van der Waals surface area contributed by atoms with Gasteiger partial charge in [-0.2, -0.15) is 4.98 Å². The molecule has 2 aliphatic heterocycles. The largest absolute Gasteiger partial charge is 0.359 e. The van der Waals surface area contributed by atoms with Crippen LogP contribution >= 0.6 is 45.7 Å². The number of benzene rings is 1. The van der Waals surface area contributed by atoms with Gasteiger partial charge in [0, 0.05) is 49.0 Å². The molecule has 1 fully saturated rings. The number of piperazine rings is 1. The Morgan fingerprint density at radius 3 is 2.65 bits per heavy atom. The highest BCUT2D eigenvalue weighted by atomic mass is 127. The summed E-state index contributed by atoms with van der Waals surface area (Å²) in [6, 6.07) is 1.30. The molecule has 10 heteroatoms. The first-order chi connectivity index (χ1) is 12.2. The lowest BCUT2D eigenvalue weighted by Gasteiger charge is -2.42. The van der Waals surface area contributed by atoms with E-state index >= 15 is 4.39 Å². The summed E-state index contributed by atoms with van der Waals surface area (Å²) in [4.78, 5) is 33.1. The maximum Gasteiger partial charge on any atom is 0.359 e. The summed E-state index contributed by atoms with van der Waals surface area (Å²) in [5, 5.41) is 0.509. The van der Waals surface area contributed by atoms with Crippen LogP contribution in [0.3, 0.4) is 0 Å². The Labute approximate surface area is 177 Å². The van der Waals surface area contributed by atoms with Crippen molar-refractivity contribution in [2.24, 2.45) is 0 Å². The zero-order valence-electron chi connectivity index (χ0n) is 14.3. The molecule has 2 unspecified atom stereocenters. The van der Waals surface area contributed by atoms with Crippen LogP contribution in [0.2, 0.25) is 0 Å². The lowest BCUT2D eigenvalue weighted by atomic mass is 10.1. The van der Waals surface area contributed by atoms with E-state index in [0.717, 1.165) is 0 Å². The molecule has 2 aliphatic rings. The molecule has 0 aliphatic carbocycles. The number of carbonyl (C=O) groups excluding carboxylic acids is 1. The van der Waals surface area contributed by atoms with Gasteiger partial charge in [0.15, 0.2) is 5.82 Å². The smallest absolute Gasteiger partial charge is 0.341 e. The zero-order chi connectivity index (χ0) is 18.9. The first-order valence-electron chi connectivity index (χ1n) is 8.11. The van der Waals surface area contributed by atoms with Crippen molar-refractivity contribution in [3.05, 3.63) is 27.9 Å². The Bertz CT molecular complexity index is 1010. The van der Waals surface area contributed by atoms with Gasteiger partial charge in [-0.05, 0) is 25.5 Å². The van der Waals surface area contributed by atoms with Crippen LogP contribution in [0.15, 0.2) is 10.9 Å². The minimum atomic E-state index is -0.514. The molecule has 1 aromatic heterocycles. The van der Waals surface area contributed by atoms with Gasteiger partial charge in [0.1, 0.15) is 11.9 Å². The van der Waals surface area contributed by atoms with E-state index in [1.165, 1.54) is 7.68 Å². The SMILES string of the molecule is Cc1cc2c3c(nc(=O)n2I)N2CC(C)N(I)CC2C(=O)N(C)c3c1F. The molecule has 138 valence electrons. The molecule has 26 heavy (non-hydrogen) atoms. The van der Waals surface area contributed by atoms with Crippen molar-refractivity contribution in [2.75, 3.05) is 29.9 Å². The maximum atomic E-state index is 15.1. The van der Waals surface area contributed by atoms with Crippen molar-refractivity contribution >= 4 is 74.0 Å². The topological polar surface area (TPSA) is 61.7 Å². The van der Waals surface area contributed by atoms with Gasteiger partial charge in [0.25, 0.3) is 5.91 Å². The highest BCUT2D eigenvalue weighted by Gasteiger charge is 2.42. The van der Waals surface area contributed by atoms with Gasteiger partial charge < -0.3 is 9.80 Å². The van der Waals surface area contributed by atoms with Crippen molar-refractivity contribution in [3.8, 4) is 0 Å². The summed E-state index contributed by atoms with van der Waals surface area (Å²) >= 11 is 4.08. The van der Waals surface area contributed by atoms with E-state index in [4.69, 9.17) is 0 Å². The first kappa shape index (κ1) is 18.3. The number of likely N-dealkylation sites (N-methyl/N-ethyl adjacent to an activating group) is 1. The average Bonchev–Trinajstić information content (AvgIpc) is 2.67. The van der Waals surface area contributed by atoms with E-state index < -0.39 is 17.5 Å². The molecule has 0 N–H and O–H groups in total. The minimum Gasteiger partial charge on any atom is -0.341 e. The van der Waals surface area contributed by atoms with Crippen LogP contribution in [-0.4, -0.2) is 49.0 Å². The summed E-state index contributed by atoms with van der Waals surface area (Å²) in [6.07, 6.45) is 0. The average molecular weight is 583 g/mol. The van der Waals surface area contributed by atoms with Gasteiger partial charge in [-0.25, -0.2) is 15.1 Å². The van der Waals surface area contributed by atoms with Gasteiger partial charge in [-0.15, -0.1) is 0 Å². The minimum absolute atomic E-state index is 0.167. The molecule has 4 rings (SSSR count). The summed E-state index contributed by atoms with van der Waals surface area (Å²) in [5.41, 5.74) is 0.725. The molecule has 0 spiro atoms. The predicted molar refractivity (Wildman–Crippen MR) is 115 cm³/mol. The van der Waals surface area contributed by atoms with Gasteiger partial charge in [-0.3, -0.25) is 4.79 Å². The molecule has 2 aromatic rings. The number of anilines is 2. The fourth-order valence-electron chi connectivity index (χ4n) is 3.67. The van der Waals surface area contributed by atoms with Gasteiger partial charge in [0.2, 0.25) is 0 Å². The summed E-state index contributed by atoms with van der Waals surface area (Å²) in [6.45, 7) is 4.71. The fraction of sp³-hybridized carbons (Fsp3) is 0.438. The molecule has 7 nitrogen and oxygen atoms in total. The van der Waals surface area contributed by atoms with Gasteiger partial charge in [-0.1, -0.05) is 0 Å². The monoisotopic (exact) mass is 583 g/mol. The van der Waals surface area contributed by atoms with E-state index in [1.807, 2.05) is 27.8 Å².